The number of carboxylic acids is 1. The highest BCUT2D eigenvalue weighted by Gasteiger charge is 2.47. The molecular weight excluding hydrogens is 561 g/mol. The van der Waals surface area contributed by atoms with Gasteiger partial charge in [0, 0.05) is 37.4 Å². The van der Waals surface area contributed by atoms with Gasteiger partial charge < -0.3 is 40.5 Å². The summed E-state index contributed by atoms with van der Waals surface area (Å²) in [6.45, 7) is 0.884. The van der Waals surface area contributed by atoms with Crippen LogP contribution in [-0.2, 0) is 23.5 Å². The number of carbonyl (C=O) groups excluding carboxylic acids is 2. The summed E-state index contributed by atoms with van der Waals surface area (Å²) in [6, 6.07) is -1.78. The second-order valence-corrected chi connectivity index (χ2v) is 14.6. The Labute approximate surface area is 230 Å². The summed E-state index contributed by atoms with van der Waals surface area (Å²) in [5.74, 6) is -1.17. The summed E-state index contributed by atoms with van der Waals surface area (Å²) < 4.78 is 17.8. The predicted octanol–water partition coefficient (Wildman–Crippen LogP) is -0.235. The van der Waals surface area contributed by atoms with Crippen molar-refractivity contribution in [2.45, 2.75) is 81.0 Å². The third-order valence-corrected chi connectivity index (χ3v) is 11.0. The predicted molar refractivity (Wildman–Crippen MR) is 144 cm³/mol. The number of carbonyl (C=O) groups is 3. The van der Waals surface area contributed by atoms with E-state index in [0.717, 1.165) is 25.0 Å². The molecular formula is C22H40N3O10PS2. The maximum absolute atomic E-state index is 12.7. The molecule has 3 unspecified atom stereocenters. The minimum absolute atomic E-state index is 0.0672. The zero-order valence-corrected chi connectivity index (χ0v) is 24.2. The Hall–Kier alpha value is -0.900. The highest BCUT2D eigenvalue weighted by molar-refractivity contribution is 8.77. The molecule has 0 saturated carbocycles. The molecule has 220 valence electrons. The Kier molecular flexibility index (Phi) is 13.3. The van der Waals surface area contributed by atoms with Gasteiger partial charge in [0.05, 0.1) is 43.7 Å². The Bertz CT molecular complexity index is 865. The van der Waals surface area contributed by atoms with E-state index in [0.29, 0.717) is 11.7 Å². The van der Waals surface area contributed by atoms with E-state index in [9.17, 15) is 44.3 Å². The molecule has 38 heavy (non-hydrogen) atoms. The zero-order valence-electron chi connectivity index (χ0n) is 21.7. The van der Waals surface area contributed by atoms with Gasteiger partial charge in [0.1, 0.15) is 0 Å². The minimum atomic E-state index is -4.40. The van der Waals surface area contributed by atoms with Gasteiger partial charge in [-0.05, 0) is 26.2 Å². The van der Waals surface area contributed by atoms with E-state index in [1.54, 1.807) is 0 Å². The van der Waals surface area contributed by atoms with Gasteiger partial charge in [-0.25, -0.2) is 4.79 Å². The fraction of sp³-hybridized carbons (Fsp3) is 0.864. The molecule has 0 bridgehead atoms. The number of carboxylic acid groups (broad SMARTS) is 1. The minimum Gasteiger partial charge on any atom is -0.479 e. The Morgan fingerprint density at radius 2 is 1.87 bits per heavy atom. The average molecular weight is 602 g/mol. The molecule has 0 aromatic rings. The average Bonchev–Trinajstić information content (AvgIpc) is 3.44. The van der Waals surface area contributed by atoms with Crippen LogP contribution in [0.15, 0.2) is 0 Å². The number of aliphatic hydroxyl groups excluding tert-OH is 3. The first kappa shape index (κ1) is 33.3. The number of hydrogen-bond acceptors (Lipinski definition) is 11. The largest absolute Gasteiger partial charge is 0.479 e. The molecule has 0 radical (unpaired) electrons. The number of rotatable bonds is 16. The smallest absolute Gasteiger partial charge is 0.331 e. The van der Waals surface area contributed by atoms with Crippen LogP contribution in [0.3, 0.4) is 0 Å². The molecule has 2 fully saturated rings. The van der Waals surface area contributed by atoms with E-state index in [-0.39, 0.29) is 25.4 Å². The van der Waals surface area contributed by atoms with Crippen molar-refractivity contribution in [2.24, 2.45) is 0 Å². The van der Waals surface area contributed by atoms with E-state index in [4.69, 9.17) is 4.52 Å². The summed E-state index contributed by atoms with van der Waals surface area (Å²) in [5.41, 5.74) is -1.94. The lowest BCUT2D eigenvalue weighted by atomic mass is 10.0. The molecule has 16 heteroatoms. The summed E-state index contributed by atoms with van der Waals surface area (Å²) in [5, 5.41) is 45.4. The molecule has 13 nitrogen and oxygen atoms in total. The van der Waals surface area contributed by atoms with Crippen LogP contribution in [-0.4, -0.2) is 121 Å². The molecule has 7 N–H and O–H groups in total. The van der Waals surface area contributed by atoms with Crippen molar-refractivity contribution < 1.29 is 48.8 Å². The first-order valence-corrected chi connectivity index (χ1v) is 16.7. The van der Waals surface area contributed by atoms with Crippen molar-refractivity contribution in [3.05, 3.63) is 0 Å². The van der Waals surface area contributed by atoms with Crippen molar-refractivity contribution in [3.63, 3.8) is 0 Å². The van der Waals surface area contributed by atoms with Crippen LogP contribution in [0.5, 0.6) is 0 Å². The number of hydrogen-bond donors (Lipinski definition) is 7. The van der Waals surface area contributed by atoms with Gasteiger partial charge in [-0.2, -0.15) is 0 Å². The van der Waals surface area contributed by atoms with Crippen molar-refractivity contribution in [2.75, 3.05) is 38.2 Å². The van der Waals surface area contributed by atoms with Crippen LogP contribution in [0.25, 0.3) is 0 Å². The summed E-state index contributed by atoms with van der Waals surface area (Å²) in [6.07, 6.45) is 0.525. The third-order valence-electron chi connectivity index (χ3n) is 6.73. The topological polar surface area (TPSA) is 206 Å². The maximum atomic E-state index is 12.7. The first-order valence-electron chi connectivity index (χ1n) is 12.6. The molecule has 0 aromatic heterocycles. The molecule has 2 heterocycles. The quantitative estimate of drug-likeness (QED) is 0.0694. The molecule has 2 amide bonds. The molecule has 2 aliphatic rings. The van der Waals surface area contributed by atoms with Gasteiger partial charge >= 0.3 is 13.6 Å². The standard InChI is InChI=1S/C22H40N3O10PS2/c1-14(27)23-11-16-19(29)20(30)17(12-26)25(16)8-9-36(33,34)35-13-22(2,21(31)32)24-18(28)6-4-3-5-15-7-10-37-38-15/h15-17,19-20,26,29-30H,3-13H2,1-2H3,(H,23,27)(H,24,28)(H,31,32)(H,33,34)/t15?,16-,17-,19-,20-,22?/m1/s1. The highest BCUT2D eigenvalue weighted by Crippen LogP contribution is 2.43. The number of aliphatic hydroxyl groups is 3. The number of aliphatic carboxylic acids is 1. The maximum Gasteiger partial charge on any atom is 0.331 e. The van der Waals surface area contributed by atoms with Gasteiger partial charge in [-0.1, -0.05) is 28.0 Å². The number of amides is 2. The summed E-state index contributed by atoms with van der Waals surface area (Å²) in [7, 11) is -0.697. The lowest BCUT2D eigenvalue weighted by Gasteiger charge is -2.31. The van der Waals surface area contributed by atoms with Crippen LogP contribution in [0, 0.1) is 0 Å². The highest BCUT2D eigenvalue weighted by atomic mass is 33.1. The van der Waals surface area contributed by atoms with Crippen LogP contribution in [0.4, 0.5) is 0 Å². The lowest BCUT2D eigenvalue weighted by molar-refractivity contribution is -0.148. The normalized spacial score (nSPS) is 28.9. The third kappa shape index (κ3) is 9.93. The number of likely N-dealkylation sites (tertiary alicyclic amines) is 1. The number of nitrogens with zero attached hydrogens (tertiary/aromatic N) is 1. The Morgan fingerprint density at radius 3 is 2.45 bits per heavy atom. The SMILES string of the molecule is CC(=O)NC[C@@H]1[C@@H](O)[C@H](O)[C@@H](CO)N1CCP(=O)(O)OCC(C)(NC(=O)CCCCC1CCSS1)C(=O)O. The monoisotopic (exact) mass is 601 g/mol. The second kappa shape index (κ2) is 15.2. The van der Waals surface area contributed by atoms with E-state index >= 15 is 0 Å². The molecule has 0 aromatic carbocycles. The molecule has 2 aliphatic heterocycles. The molecule has 2 saturated heterocycles. The van der Waals surface area contributed by atoms with Crippen LogP contribution >= 0.6 is 29.2 Å². The van der Waals surface area contributed by atoms with Crippen molar-refractivity contribution in [1.82, 2.24) is 15.5 Å². The van der Waals surface area contributed by atoms with E-state index in [1.165, 1.54) is 18.7 Å². The van der Waals surface area contributed by atoms with Gasteiger partial charge in [-0.15, -0.1) is 0 Å². The van der Waals surface area contributed by atoms with Crippen molar-refractivity contribution in [3.8, 4) is 0 Å². The number of unbranched alkanes of at least 4 members (excludes halogenated alkanes) is 1. The van der Waals surface area contributed by atoms with Gasteiger partial charge in [0.2, 0.25) is 11.8 Å². The van der Waals surface area contributed by atoms with Crippen LogP contribution < -0.4 is 10.6 Å². The van der Waals surface area contributed by atoms with Gasteiger partial charge in [0.25, 0.3) is 0 Å². The van der Waals surface area contributed by atoms with Crippen LogP contribution in [0.2, 0.25) is 0 Å². The van der Waals surface area contributed by atoms with E-state index in [2.05, 4.69) is 10.6 Å². The summed E-state index contributed by atoms with van der Waals surface area (Å²) >= 11 is 0. The molecule has 0 aliphatic carbocycles. The fourth-order valence-corrected chi connectivity index (χ4v) is 8.50. The van der Waals surface area contributed by atoms with Crippen LogP contribution in [0.1, 0.15) is 46.0 Å². The summed E-state index contributed by atoms with van der Waals surface area (Å²) in [4.78, 5) is 47.3. The molecule has 7 atom stereocenters. The fourth-order valence-electron chi connectivity index (χ4n) is 4.40. The molecule has 2 rings (SSSR count). The zero-order chi connectivity index (χ0) is 28.5. The Balaban J connectivity index is 1.89. The van der Waals surface area contributed by atoms with E-state index in [1.807, 2.05) is 21.6 Å². The van der Waals surface area contributed by atoms with Crippen molar-refractivity contribution in [1.29, 1.82) is 0 Å². The Morgan fingerprint density at radius 1 is 1.18 bits per heavy atom. The van der Waals surface area contributed by atoms with Gasteiger partial charge in [0.15, 0.2) is 5.54 Å². The first-order chi connectivity index (χ1) is 17.8. The lowest BCUT2D eigenvalue weighted by Crippen LogP contribution is -2.55. The van der Waals surface area contributed by atoms with Gasteiger partial charge in [-0.3, -0.25) is 19.1 Å². The molecule has 0 spiro atoms. The van der Waals surface area contributed by atoms with Crippen molar-refractivity contribution >= 4 is 47.0 Å². The number of nitrogens with one attached hydrogen (secondary N) is 2. The van der Waals surface area contributed by atoms with E-state index < -0.39 is 68.7 Å². The second-order valence-electron chi connectivity index (χ2n) is 9.87.